The maximum absolute atomic E-state index is 3.40. The van der Waals surface area contributed by atoms with Crippen molar-refractivity contribution >= 4 is 22.0 Å². The average molecular weight is 251 g/mol. The molecule has 0 atom stereocenters. The molecule has 1 aromatic rings. The van der Waals surface area contributed by atoms with Gasteiger partial charge in [-0.25, -0.2) is 0 Å². The van der Waals surface area contributed by atoms with Crippen LogP contribution in [0.15, 0.2) is 48.6 Å². The van der Waals surface area contributed by atoms with Gasteiger partial charge in [0.1, 0.15) is 0 Å². The van der Waals surface area contributed by atoms with Crippen LogP contribution in [-0.2, 0) is 0 Å². The van der Waals surface area contributed by atoms with Crippen LogP contribution in [0.4, 0.5) is 0 Å². The smallest absolute Gasteiger partial charge is 0.00342 e. The predicted octanol–water partition coefficient (Wildman–Crippen LogP) is 4.43. The summed E-state index contributed by atoms with van der Waals surface area (Å²) in [7, 11) is 0. The molecule has 14 heavy (non-hydrogen) atoms. The largest absolute Gasteiger partial charge is 0.0928 e. The van der Waals surface area contributed by atoms with E-state index >= 15 is 0 Å². The first-order chi connectivity index (χ1) is 6.93. The van der Waals surface area contributed by atoms with Crippen LogP contribution in [0.5, 0.6) is 0 Å². The summed E-state index contributed by atoms with van der Waals surface area (Å²) in [5.74, 6) is 0. The highest BCUT2D eigenvalue weighted by molar-refractivity contribution is 9.09. The van der Waals surface area contributed by atoms with Gasteiger partial charge in [0.2, 0.25) is 0 Å². The lowest BCUT2D eigenvalue weighted by molar-refractivity contribution is 0.979. The second kappa shape index (κ2) is 7.57. The SMILES string of the molecule is BrCCCC=CC=Cc1ccccc1. The molecule has 0 heterocycles. The Hall–Kier alpha value is -0.820. The molecule has 0 nitrogen and oxygen atoms in total. The van der Waals surface area contributed by atoms with E-state index in [1.54, 1.807) is 0 Å². The van der Waals surface area contributed by atoms with Gasteiger partial charge in [-0.05, 0) is 18.4 Å². The molecule has 74 valence electrons. The van der Waals surface area contributed by atoms with Crippen LogP contribution >= 0.6 is 15.9 Å². The summed E-state index contributed by atoms with van der Waals surface area (Å²) in [6.45, 7) is 0. The van der Waals surface area contributed by atoms with Gasteiger partial charge in [0.05, 0.1) is 0 Å². The van der Waals surface area contributed by atoms with E-state index in [1.165, 1.54) is 12.0 Å². The van der Waals surface area contributed by atoms with Crippen molar-refractivity contribution < 1.29 is 0 Å². The second-order valence-corrected chi connectivity index (χ2v) is 3.82. The molecule has 1 rings (SSSR count). The summed E-state index contributed by atoms with van der Waals surface area (Å²) >= 11 is 3.40. The van der Waals surface area contributed by atoms with Crippen molar-refractivity contribution in [1.82, 2.24) is 0 Å². The van der Waals surface area contributed by atoms with E-state index in [9.17, 15) is 0 Å². The second-order valence-electron chi connectivity index (χ2n) is 3.03. The Morgan fingerprint density at radius 1 is 1.07 bits per heavy atom. The zero-order chi connectivity index (χ0) is 10.1. The van der Waals surface area contributed by atoms with Gasteiger partial charge >= 0.3 is 0 Å². The Labute approximate surface area is 94.5 Å². The zero-order valence-corrected chi connectivity index (χ0v) is 9.78. The van der Waals surface area contributed by atoms with E-state index in [1.807, 2.05) is 18.2 Å². The molecule has 0 aliphatic heterocycles. The number of unbranched alkanes of at least 4 members (excludes halogenated alkanes) is 1. The number of allylic oxidation sites excluding steroid dienone is 3. The summed E-state index contributed by atoms with van der Waals surface area (Å²) in [5.41, 5.74) is 1.25. The number of benzene rings is 1. The quantitative estimate of drug-likeness (QED) is 0.412. The molecule has 0 amide bonds. The Morgan fingerprint density at radius 2 is 1.86 bits per heavy atom. The van der Waals surface area contributed by atoms with E-state index in [0.29, 0.717) is 0 Å². The number of halogens is 1. The molecule has 0 aliphatic rings. The lowest BCUT2D eigenvalue weighted by Gasteiger charge is -1.88. The van der Waals surface area contributed by atoms with Gasteiger partial charge in [-0.3, -0.25) is 0 Å². The fourth-order valence-electron chi connectivity index (χ4n) is 1.10. The normalized spacial score (nSPS) is 11.5. The van der Waals surface area contributed by atoms with Crippen molar-refractivity contribution in [3.63, 3.8) is 0 Å². The van der Waals surface area contributed by atoms with Crippen LogP contribution in [0, 0.1) is 0 Å². The Bertz CT molecular complexity index is 285. The number of alkyl halides is 1. The maximum atomic E-state index is 3.40. The van der Waals surface area contributed by atoms with Gasteiger partial charge < -0.3 is 0 Å². The first-order valence-corrected chi connectivity index (χ1v) is 6.00. The third-order valence-electron chi connectivity index (χ3n) is 1.84. The molecule has 0 spiro atoms. The highest BCUT2D eigenvalue weighted by Crippen LogP contribution is 2.01. The molecule has 0 unspecified atom stereocenters. The van der Waals surface area contributed by atoms with E-state index < -0.39 is 0 Å². The van der Waals surface area contributed by atoms with Crippen molar-refractivity contribution in [1.29, 1.82) is 0 Å². The number of hydrogen-bond donors (Lipinski definition) is 0. The van der Waals surface area contributed by atoms with Crippen LogP contribution in [0.1, 0.15) is 18.4 Å². The van der Waals surface area contributed by atoms with Crippen LogP contribution in [0.25, 0.3) is 6.08 Å². The van der Waals surface area contributed by atoms with Crippen molar-refractivity contribution in [2.45, 2.75) is 12.8 Å². The molecule has 0 saturated carbocycles. The van der Waals surface area contributed by atoms with E-state index in [4.69, 9.17) is 0 Å². The van der Waals surface area contributed by atoms with Gasteiger partial charge in [-0.1, -0.05) is 70.6 Å². The molecule has 1 heteroatoms. The van der Waals surface area contributed by atoms with Gasteiger partial charge in [-0.2, -0.15) is 0 Å². The lowest BCUT2D eigenvalue weighted by atomic mass is 10.2. The first kappa shape index (κ1) is 11.3. The summed E-state index contributed by atoms with van der Waals surface area (Å²) in [6, 6.07) is 10.3. The number of rotatable bonds is 5. The highest BCUT2D eigenvalue weighted by atomic mass is 79.9. The first-order valence-electron chi connectivity index (χ1n) is 4.87. The third-order valence-corrected chi connectivity index (χ3v) is 2.40. The van der Waals surface area contributed by atoms with Crippen LogP contribution in [0.3, 0.4) is 0 Å². The molecular formula is C13H15Br. The molecule has 0 aliphatic carbocycles. The maximum Gasteiger partial charge on any atom is 0.00342 e. The van der Waals surface area contributed by atoms with Crippen molar-refractivity contribution in [3.05, 3.63) is 54.1 Å². The lowest BCUT2D eigenvalue weighted by Crippen LogP contribution is -1.69. The molecule has 0 aromatic heterocycles. The minimum atomic E-state index is 1.08. The van der Waals surface area contributed by atoms with Crippen molar-refractivity contribution in [2.75, 3.05) is 5.33 Å². The van der Waals surface area contributed by atoms with E-state index in [0.717, 1.165) is 11.8 Å². The van der Waals surface area contributed by atoms with E-state index in [-0.39, 0.29) is 0 Å². The van der Waals surface area contributed by atoms with Crippen LogP contribution < -0.4 is 0 Å². The Morgan fingerprint density at radius 3 is 2.57 bits per heavy atom. The fourth-order valence-corrected chi connectivity index (χ4v) is 1.42. The van der Waals surface area contributed by atoms with Crippen LogP contribution in [-0.4, -0.2) is 5.33 Å². The molecule has 0 N–H and O–H groups in total. The summed E-state index contributed by atoms with van der Waals surface area (Å²) in [5, 5.41) is 1.08. The van der Waals surface area contributed by atoms with Crippen molar-refractivity contribution in [3.8, 4) is 0 Å². The number of hydrogen-bond acceptors (Lipinski definition) is 0. The topological polar surface area (TPSA) is 0 Å². The minimum absolute atomic E-state index is 1.08. The molecule has 0 bridgehead atoms. The summed E-state index contributed by atoms with van der Waals surface area (Å²) in [4.78, 5) is 0. The van der Waals surface area contributed by atoms with Crippen molar-refractivity contribution in [2.24, 2.45) is 0 Å². The van der Waals surface area contributed by atoms with Crippen LogP contribution in [0.2, 0.25) is 0 Å². The standard InChI is InChI=1S/C13H15Br/c14-12-8-3-1-2-5-9-13-10-6-4-7-11-13/h1-2,4-7,9-11H,3,8,12H2. The Balaban J connectivity index is 2.31. The average Bonchev–Trinajstić information content (AvgIpc) is 2.25. The predicted molar refractivity (Wildman–Crippen MR) is 67.6 cm³/mol. The minimum Gasteiger partial charge on any atom is -0.0928 e. The van der Waals surface area contributed by atoms with Gasteiger partial charge in [0.25, 0.3) is 0 Å². The van der Waals surface area contributed by atoms with Gasteiger partial charge in [0.15, 0.2) is 0 Å². The molecular weight excluding hydrogens is 236 g/mol. The third kappa shape index (κ3) is 5.03. The van der Waals surface area contributed by atoms with E-state index in [2.05, 4.69) is 52.4 Å². The zero-order valence-electron chi connectivity index (χ0n) is 8.20. The fraction of sp³-hybridized carbons (Fsp3) is 0.231. The molecule has 0 saturated heterocycles. The van der Waals surface area contributed by atoms with Gasteiger partial charge in [-0.15, -0.1) is 0 Å². The summed E-state index contributed by atoms with van der Waals surface area (Å²) in [6.07, 6.45) is 10.9. The summed E-state index contributed by atoms with van der Waals surface area (Å²) < 4.78 is 0. The molecule has 0 radical (unpaired) electrons. The Kier molecular flexibility index (Phi) is 6.09. The van der Waals surface area contributed by atoms with Gasteiger partial charge in [0, 0.05) is 5.33 Å². The monoisotopic (exact) mass is 250 g/mol. The molecule has 1 aromatic carbocycles. The highest BCUT2D eigenvalue weighted by Gasteiger charge is 1.80. The molecule has 0 fully saturated rings.